The third-order valence-corrected chi connectivity index (χ3v) is 4.02. The number of aromatic nitrogens is 2. The molecule has 0 spiro atoms. The maximum atomic E-state index is 13.0. The minimum absolute atomic E-state index is 0. The molecule has 0 aliphatic heterocycles. The molecule has 3 aromatic rings. The van der Waals surface area contributed by atoms with Crippen LogP contribution >= 0.6 is 24.0 Å². The molecule has 0 saturated heterocycles. The number of guanidine groups is 1. The van der Waals surface area contributed by atoms with Crippen LogP contribution in [-0.4, -0.2) is 35.6 Å². The summed E-state index contributed by atoms with van der Waals surface area (Å²) in [4.78, 5) is 13.3. The number of nitrogens with zero attached hydrogens (tertiary/aromatic N) is 3. The summed E-state index contributed by atoms with van der Waals surface area (Å²) in [6.45, 7) is 4.15. The molecule has 2 heterocycles. The van der Waals surface area contributed by atoms with Crippen LogP contribution in [0.25, 0.3) is 11.5 Å². The van der Waals surface area contributed by atoms with E-state index in [1.165, 1.54) is 12.1 Å². The van der Waals surface area contributed by atoms with E-state index in [9.17, 15) is 4.39 Å². The first-order valence-electron chi connectivity index (χ1n) is 9.37. The van der Waals surface area contributed by atoms with Crippen molar-refractivity contribution < 1.29 is 8.81 Å². The van der Waals surface area contributed by atoms with E-state index in [1.54, 1.807) is 24.6 Å². The average molecular weight is 509 g/mol. The molecule has 0 bridgehead atoms. The van der Waals surface area contributed by atoms with E-state index in [2.05, 4.69) is 25.6 Å². The number of oxazole rings is 1. The van der Waals surface area contributed by atoms with Gasteiger partial charge in [0.05, 0.1) is 5.69 Å². The number of nitrogens with one attached hydrogen (secondary N) is 2. The second-order valence-corrected chi connectivity index (χ2v) is 6.16. The summed E-state index contributed by atoms with van der Waals surface area (Å²) < 4.78 is 18.5. The van der Waals surface area contributed by atoms with Crippen LogP contribution < -0.4 is 10.6 Å². The van der Waals surface area contributed by atoms with Gasteiger partial charge in [0.25, 0.3) is 0 Å². The summed E-state index contributed by atoms with van der Waals surface area (Å²) in [5.74, 6) is 0.977. The van der Waals surface area contributed by atoms with Crippen molar-refractivity contribution >= 4 is 29.9 Å². The lowest BCUT2D eigenvalue weighted by atomic mass is 10.2. The number of hydrogen-bond acceptors (Lipinski definition) is 4. The number of hydrogen-bond donors (Lipinski definition) is 2. The second kappa shape index (κ2) is 12.2. The van der Waals surface area contributed by atoms with Gasteiger partial charge in [-0.15, -0.1) is 24.0 Å². The molecule has 2 N–H and O–H groups in total. The molecule has 3 rings (SSSR count). The number of aliphatic imine (C=N–C) groups is 1. The van der Waals surface area contributed by atoms with Gasteiger partial charge >= 0.3 is 0 Å². The molecule has 8 heteroatoms. The van der Waals surface area contributed by atoms with E-state index in [-0.39, 0.29) is 29.8 Å². The van der Waals surface area contributed by atoms with Crippen molar-refractivity contribution in [1.82, 2.24) is 20.6 Å². The largest absolute Gasteiger partial charge is 0.444 e. The smallest absolute Gasteiger partial charge is 0.226 e. The fraction of sp³-hybridized carbons (Fsp3) is 0.286. The molecule has 0 amide bonds. The SMILES string of the molecule is CCNC(=NCCc1ccccn1)NCCc1coc(-c2ccc(F)cc2)n1.I. The maximum absolute atomic E-state index is 13.0. The molecule has 2 aromatic heterocycles. The van der Waals surface area contributed by atoms with E-state index in [0.717, 1.165) is 35.9 Å². The summed E-state index contributed by atoms with van der Waals surface area (Å²) >= 11 is 0. The first-order chi connectivity index (χ1) is 13.7. The summed E-state index contributed by atoms with van der Waals surface area (Å²) in [7, 11) is 0. The van der Waals surface area contributed by atoms with Gasteiger partial charge in [0.1, 0.15) is 12.1 Å². The molecule has 0 aliphatic rings. The maximum Gasteiger partial charge on any atom is 0.226 e. The predicted molar refractivity (Wildman–Crippen MR) is 123 cm³/mol. The normalized spacial score (nSPS) is 11.0. The Bertz CT molecular complexity index is 884. The highest BCUT2D eigenvalue weighted by molar-refractivity contribution is 14.0. The minimum atomic E-state index is -0.280. The van der Waals surface area contributed by atoms with Crippen molar-refractivity contribution in [3.05, 3.63) is 72.1 Å². The summed E-state index contributed by atoms with van der Waals surface area (Å²) in [5.41, 5.74) is 2.61. The summed E-state index contributed by atoms with van der Waals surface area (Å²) in [5, 5.41) is 6.53. The van der Waals surface area contributed by atoms with Gasteiger partial charge in [-0.25, -0.2) is 9.37 Å². The van der Waals surface area contributed by atoms with Gasteiger partial charge in [0.15, 0.2) is 5.96 Å². The quantitative estimate of drug-likeness (QED) is 0.274. The van der Waals surface area contributed by atoms with Crippen molar-refractivity contribution in [2.24, 2.45) is 4.99 Å². The van der Waals surface area contributed by atoms with E-state index in [4.69, 9.17) is 4.42 Å². The van der Waals surface area contributed by atoms with Gasteiger partial charge in [0, 0.05) is 49.9 Å². The van der Waals surface area contributed by atoms with Crippen LogP contribution in [-0.2, 0) is 12.8 Å². The van der Waals surface area contributed by atoms with Crippen molar-refractivity contribution in [3.63, 3.8) is 0 Å². The first kappa shape index (κ1) is 22.8. The molecule has 0 unspecified atom stereocenters. The van der Waals surface area contributed by atoms with E-state index in [1.807, 2.05) is 25.1 Å². The Morgan fingerprint density at radius 3 is 2.62 bits per heavy atom. The van der Waals surface area contributed by atoms with E-state index in [0.29, 0.717) is 25.4 Å². The summed E-state index contributed by atoms with van der Waals surface area (Å²) in [6.07, 6.45) is 4.91. The Morgan fingerprint density at radius 2 is 1.90 bits per heavy atom. The van der Waals surface area contributed by atoms with Gasteiger partial charge in [-0.3, -0.25) is 9.98 Å². The average Bonchev–Trinajstić information content (AvgIpc) is 3.18. The Balaban J connectivity index is 0.00000300. The monoisotopic (exact) mass is 509 g/mol. The zero-order chi connectivity index (χ0) is 19.6. The van der Waals surface area contributed by atoms with E-state index < -0.39 is 0 Å². The Kier molecular flexibility index (Phi) is 9.55. The van der Waals surface area contributed by atoms with Gasteiger partial charge in [0.2, 0.25) is 5.89 Å². The van der Waals surface area contributed by atoms with E-state index >= 15 is 0 Å². The first-order valence-corrected chi connectivity index (χ1v) is 9.37. The molecule has 0 atom stereocenters. The fourth-order valence-electron chi connectivity index (χ4n) is 2.63. The van der Waals surface area contributed by atoms with Crippen LogP contribution in [0.5, 0.6) is 0 Å². The van der Waals surface area contributed by atoms with Crippen LogP contribution in [0.4, 0.5) is 4.39 Å². The molecule has 6 nitrogen and oxygen atoms in total. The second-order valence-electron chi connectivity index (χ2n) is 6.16. The van der Waals surface area contributed by atoms with Gasteiger partial charge < -0.3 is 15.1 Å². The standard InChI is InChI=1S/C21H24FN5O.HI/c1-2-23-21(25-13-10-18-5-3-4-12-24-18)26-14-11-19-15-28-20(27-19)16-6-8-17(22)9-7-16;/h3-9,12,15H,2,10-11,13-14H2,1H3,(H2,23,25,26);1H. The third-order valence-electron chi connectivity index (χ3n) is 4.02. The summed E-state index contributed by atoms with van der Waals surface area (Å²) in [6, 6.07) is 12.0. The number of pyridine rings is 1. The van der Waals surface area contributed by atoms with Gasteiger partial charge in [-0.05, 0) is 43.3 Å². The van der Waals surface area contributed by atoms with Crippen LogP contribution in [0.3, 0.4) is 0 Å². The topological polar surface area (TPSA) is 75.3 Å². The minimum Gasteiger partial charge on any atom is -0.444 e. The Hall–Kier alpha value is -2.49. The number of benzene rings is 1. The molecule has 0 fully saturated rings. The third kappa shape index (κ3) is 7.45. The van der Waals surface area contributed by atoms with Crippen molar-refractivity contribution in [2.45, 2.75) is 19.8 Å². The van der Waals surface area contributed by atoms with Gasteiger partial charge in [-0.2, -0.15) is 0 Å². The molecule has 0 radical (unpaired) electrons. The lowest BCUT2D eigenvalue weighted by molar-refractivity contribution is 0.571. The lowest BCUT2D eigenvalue weighted by Gasteiger charge is -2.10. The zero-order valence-electron chi connectivity index (χ0n) is 16.3. The van der Waals surface area contributed by atoms with Crippen LogP contribution in [0.1, 0.15) is 18.3 Å². The van der Waals surface area contributed by atoms with Crippen LogP contribution in [0.2, 0.25) is 0 Å². The predicted octanol–water partition coefficient (Wildman–Crippen LogP) is 3.83. The highest BCUT2D eigenvalue weighted by atomic mass is 127. The highest BCUT2D eigenvalue weighted by Gasteiger charge is 2.07. The zero-order valence-corrected chi connectivity index (χ0v) is 18.6. The Labute approximate surface area is 187 Å². The molecular formula is C21H25FIN5O. The van der Waals surface area contributed by atoms with Crippen LogP contribution in [0.15, 0.2) is 64.3 Å². The molecule has 1 aromatic carbocycles. The van der Waals surface area contributed by atoms with Crippen LogP contribution in [0, 0.1) is 5.82 Å². The van der Waals surface area contributed by atoms with Crippen molar-refractivity contribution in [2.75, 3.05) is 19.6 Å². The number of rotatable bonds is 8. The van der Waals surface area contributed by atoms with Crippen molar-refractivity contribution in [3.8, 4) is 11.5 Å². The molecule has 0 saturated carbocycles. The number of halogens is 2. The fourth-order valence-corrected chi connectivity index (χ4v) is 2.63. The highest BCUT2D eigenvalue weighted by Crippen LogP contribution is 2.18. The lowest BCUT2D eigenvalue weighted by Crippen LogP contribution is -2.38. The molecular weight excluding hydrogens is 484 g/mol. The van der Waals surface area contributed by atoms with Crippen molar-refractivity contribution in [1.29, 1.82) is 0 Å². The Morgan fingerprint density at radius 1 is 1.07 bits per heavy atom. The molecule has 154 valence electrons. The van der Waals surface area contributed by atoms with Gasteiger partial charge in [-0.1, -0.05) is 6.07 Å². The molecule has 29 heavy (non-hydrogen) atoms. The molecule has 0 aliphatic carbocycles.